The van der Waals surface area contributed by atoms with Crippen LogP contribution in [0.15, 0.2) is 67.1 Å². The van der Waals surface area contributed by atoms with Crippen molar-refractivity contribution in [1.82, 2.24) is 19.9 Å². The third-order valence-electron chi connectivity index (χ3n) is 5.60. The largest absolute Gasteiger partial charge is 0.395 e. The summed E-state index contributed by atoms with van der Waals surface area (Å²) in [5, 5.41) is 23.0. The number of aromatic amines is 1. The molecule has 3 heterocycles. The fraction of sp³-hybridized carbons (Fsp3) is 0.200. The van der Waals surface area contributed by atoms with E-state index in [2.05, 4.69) is 68.8 Å². The van der Waals surface area contributed by atoms with E-state index in [9.17, 15) is 10.2 Å². The normalized spacial score (nSPS) is 11.6. The maximum absolute atomic E-state index is 9.22. The van der Waals surface area contributed by atoms with E-state index in [1.165, 1.54) is 0 Å². The van der Waals surface area contributed by atoms with Crippen LogP contribution in [0.5, 0.6) is 0 Å². The van der Waals surface area contributed by atoms with Crippen LogP contribution >= 0.6 is 11.3 Å². The number of benzene rings is 2. The van der Waals surface area contributed by atoms with Gasteiger partial charge in [0.1, 0.15) is 6.33 Å². The molecule has 0 unspecified atom stereocenters. The van der Waals surface area contributed by atoms with Crippen molar-refractivity contribution in [2.75, 3.05) is 31.6 Å². The molecular weight excluding hydrogens is 434 g/mol. The quantitative estimate of drug-likeness (QED) is 0.261. The summed E-state index contributed by atoms with van der Waals surface area (Å²) < 4.78 is 1.02. The molecule has 0 saturated heterocycles. The standard InChI is InChI=1S/C25H25N5O2S/c31-11-9-30(10-12-32)15-17-1-3-18(4-2-17)23-14-22-24(33-23)25(28-16-27-22)29-20-5-6-21-19(13-20)7-8-26-21/h1-8,13-14,16,26,31-32H,9-12,15H2,(H,27,28,29). The first kappa shape index (κ1) is 21.5. The van der Waals surface area contributed by atoms with Crippen molar-refractivity contribution in [3.05, 3.63) is 72.7 Å². The fourth-order valence-corrected chi connectivity index (χ4v) is 5.00. The molecule has 3 aromatic heterocycles. The van der Waals surface area contributed by atoms with Crippen molar-refractivity contribution in [2.24, 2.45) is 0 Å². The molecule has 8 heteroatoms. The Morgan fingerprint density at radius 3 is 2.55 bits per heavy atom. The number of aliphatic hydroxyl groups excluding tert-OH is 2. The Balaban J connectivity index is 1.38. The van der Waals surface area contributed by atoms with E-state index in [4.69, 9.17) is 0 Å². The monoisotopic (exact) mass is 459 g/mol. The summed E-state index contributed by atoms with van der Waals surface area (Å²) in [6.07, 6.45) is 3.53. The van der Waals surface area contributed by atoms with Gasteiger partial charge in [-0.2, -0.15) is 0 Å². The zero-order chi connectivity index (χ0) is 22.6. The number of nitrogens with one attached hydrogen (secondary N) is 2. The summed E-state index contributed by atoms with van der Waals surface area (Å²) >= 11 is 1.67. The maximum Gasteiger partial charge on any atom is 0.151 e. The molecule has 0 spiro atoms. The highest BCUT2D eigenvalue weighted by atomic mass is 32.1. The van der Waals surface area contributed by atoms with Crippen LogP contribution < -0.4 is 5.32 Å². The number of aliphatic hydroxyl groups is 2. The van der Waals surface area contributed by atoms with Crippen LogP contribution in [0.3, 0.4) is 0 Å². The Hall–Kier alpha value is -3.30. The summed E-state index contributed by atoms with van der Waals surface area (Å²) in [5.74, 6) is 0.798. The summed E-state index contributed by atoms with van der Waals surface area (Å²) in [6.45, 7) is 1.94. The first-order chi connectivity index (χ1) is 16.2. The molecule has 0 atom stereocenters. The lowest BCUT2D eigenvalue weighted by molar-refractivity contribution is 0.156. The third kappa shape index (κ3) is 4.74. The highest BCUT2D eigenvalue weighted by Crippen LogP contribution is 2.36. The molecule has 5 rings (SSSR count). The summed E-state index contributed by atoms with van der Waals surface area (Å²) in [4.78, 5) is 15.3. The number of fused-ring (bicyclic) bond motifs is 2. The molecule has 0 aliphatic heterocycles. The van der Waals surface area contributed by atoms with Crippen molar-refractivity contribution in [3.8, 4) is 10.4 Å². The molecule has 33 heavy (non-hydrogen) atoms. The molecule has 2 aromatic carbocycles. The second kappa shape index (κ2) is 9.68. The smallest absolute Gasteiger partial charge is 0.151 e. The minimum Gasteiger partial charge on any atom is -0.395 e. The van der Waals surface area contributed by atoms with Crippen LogP contribution in [0.2, 0.25) is 0 Å². The molecular formula is C25H25N5O2S. The molecule has 0 amide bonds. The minimum absolute atomic E-state index is 0.0797. The van der Waals surface area contributed by atoms with Crippen LogP contribution in [0.1, 0.15) is 5.56 Å². The molecule has 4 N–H and O–H groups in total. The Kier molecular flexibility index (Phi) is 6.32. The zero-order valence-electron chi connectivity index (χ0n) is 18.0. The Labute approximate surface area is 195 Å². The fourth-order valence-electron chi connectivity index (χ4n) is 3.94. The van der Waals surface area contributed by atoms with Gasteiger partial charge in [0, 0.05) is 47.3 Å². The zero-order valence-corrected chi connectivity index (χ0v) is 18.8. The van der Waals surface area contributed by atoms with E-state index in [1.807, 2.05) is 17.2 Å². The van der Waals surface area contributed by atoms with Gasteiger partial charge in [0.2, 0.25) is 0 Å². The highest BCUT2D eigenvalue weighted by molar-refractivity contribution is 7.22. The van der Waals surface area contributed by atoms with Crippen molar-refractivity contribution in [2.45, 2.75) is 6.54 Å². The van der Waals surface area contributed by atoms with E-state index in [0.29, 0.717) is 19.6 Å². The first-order valence-electron chi connectivity index (χ1n) is 10.9. The van der Waals surface area contributed by atoms with E-state index in [-0.39, 0.29) is 13.2 Å². The number of thiophene rings is 1. The number of rotatable bonds is 9. The van der Waals surface area contributed by atoms with Crippen LogP contribution in [0, 0.1) is 0 Å². The lowest BCUT2D eigenvalue weighted by Gasteiger charge is -2.20. The molecule has 0 radical (unpaired) electrons. The Bertz CT molecular complexity index is 1360. The van der Waals surface area contributed by atoms with Gasteiger partial charge in [-0.1, -0.05) is 24.3 Å². The summed E-state index contributed by atoms with van der Waals surface area (Å²) in [7, 11) is 0. The highest BCUT2D eigenvalue weighted by Gasteiger charge is 2.12. The van der Waals surface area contributed by atoms with Gasteiger partial charge >= 0.3 is 0 Å². The van der Waals surface area contributed by atoms with Crippen molar-refractivity contribution >= 4 is 44.0 Å². The topological polar surface area (TPSA) is 97.3 Å². The number of hydrogen-bond acceptors (Lipinski definition) is 7. The summed E-state index contributed by atoms with van der Waals surface area (Å²) in [6, 6.07) is 18.8. The number of H-pyrrole nitrogens is 1. The first-order valence-corrected chi connectivity index (χ1v) is 11.7. The molecule has 5 aromatic rings. The SMILES string of the molecule is OCCN(CCO)Cc1ccc(-c2cc3ncnc(Nc4ccc5[nH]ccc5c4)c3s2)cc1. The van der Waals surface area contributed by atoms with Crippen LogP contribution in [-0.2, 0) is 6.54 Å². The Morgan fingerprint density at radius 1 is 0.939 bits per heavy atom. The average Bonchev–Trinajstić information content (AvgIpc) is 3.47. The molecule has 0 saturated carbocycles. The van der Waals surface area contributed by atoms with Gasteiger partial charge in [0.25, 0.3) is 0 Å². The van der Waals surface area contributed by atoms with Gasteiger partial charge in [-0.3, -0.25) is 4.90 Å². The lowest BCUT2D eigenvalue weighted by Crippen LogP contribution is -2.29. The van der Waals surface area contributed by atoms with Gasteiger partial charge in [-0.25, -0.2) is 9.97 Å². The van der Waals surface area contributed by atoms with Gasteiger partial charge in [-0.05, 0) is 41.5 Å². The molecule has 0 aliphatic rings. The van der Waals surface area contributed by atoms with Gasteiger partial charge in [-0.15, -0.1) is 11.3 Å². The van der Waals surface area contributed by atoms with Crippen molar-refractivity contribution < 1.29 is 10.2 Å². The second-order valence-electron chi connectivity index (χ2n) is 7.87. The van der Waals surface area contributed by atoms with Gasteiger partial charge in [0.15, 0.2) is 5.82 Å². The number of nitrogens with zero attached hydrogens (tertiary/aromatic N) is 3. The molecule has 0 aliphatic carbocycles. The number of aromatic nitrogens is 3. The minimum atomic E-state index is 0.0797. The Morgan fingerprint density at radius 2 is 1.76 bits per heavy atom. The third-order valence-corrected chi connectivity index (χ3v) is 6.78. The molecule has 0 bridgehead atoms. The van der Waals surface area contributed by atoms with E-state index in [1.54, 1.807) is 17.7 Å². The van der Waals surface area contributed by atoms with E-state index >= 15 is 0 Å². The predicted molar refractivity (Wildman–Crippen MR) is 134 cm³/mol. The molecule has 168 valence electrons. The van der Waals surface area contributed by atoms with Crippen molar-refractivity contribution in [1.29, 1.82) is 0 Å². The summed E-state index contributed by atoms with van der Waals surface area (Å²) in [5.41, 5.74) is 5.26. The van der Waals surface area contributed by atoms with Crippen LogP contribution in [0.4, 0.5) is 11.5 Å². The maximum atomic E-state index is 9.22. The predicted octanol–water partition coefficient (Wildman–Crippen LogP) is 4.37. The molecule has 0 fully saturated rings. The van der Waals surface area contributed by atoms with Gasteiger partial charge < -0.3 is 20.5 Å². The second-order valence-corrected chi connectivity index (χ2v) is 8.92. The number of anilines is 2. The van der Waals surface area contributed by atoms with E-state index < -0.39 is 0 Å². The van der Waals surface area contributed by atoms with Crippen LogP contribution in [-0.4, -0.2) is 56.4 Å². The lowest BCUT2D eigenvalue weighted by atomic mass is 10.1. The number of hydrogen-bond donors (Lipinski definition) is 4. The van der Waals surface area contributed by atoms with E-state index in [0.717, 1.165) is 48.6 Å². The van der Waals surface area contributed by atoms with Crippen molar-refractivity contribution in [3.63, 3.8) is 0 Å². The average molecular weight is 460 g/mol. The molecule has 7 nitrogen and oxygen atoms in total. The van der Waals surface area contributed by atoms with Crippen LogP contribution in [0.25, 0.3) is 31.6 Å². The van der Waals surface area contributed by atoms with Gasteiger partial charge in [0.05, 0.1) is 23.4 Å².